The summed E-state index contributed by atoms with van der Waals surface area (Å²) in [5.74, 6) is -0.673. The van der Waals surface area contributed by atoms with Crippen molar-refractivity contribution in [2.45, 2.75) is 20.3 Å². The lowest BCUT2D eigenvalue weighted by Gasteiger charge is -2.04. The van der Waals surface area contributed by atoms with Gasteiger partial charge >= 0.3 is 5.97 Å². The first-order valence-corrected chi connectivity index (χ1v) is 6.36. The summed E-state index contributed by atoms with van der Waals surface area (Å²) in [6, 6.07) is 7.86. The summed E-state index contributed by atoms with van der Waals surface area (Å²) in [5.41, 5.74) is 2.08. The van der Waals surface area contributed by atoms with Crippen LogP contribution in [0.4, 0.5) is 0 Å². The van der Waals surface area contributed by atoms with E-state index in [2.05, 4.69) is 15.9 Å². The second kappa shape index (κ2) is 7.11. The number of allylic oxidation sites excluding steroid dienone is 1. The van der Waals surface area contributed by atoms with Crippen molar-refractivity contribution in [1.82, 2.24) is 0 Å². The first kappa shape index (κ1) is 14.6. The van der Waals surface area contributed by atoms with Crippen molar-refractivity contribution in [2.75, 3.05) is 6.61 Å². The summed E-state index contributed by atoms with van der Waals surface area (Å²) < 4.78 is 5.93. The van der Waals surface area contributed by atoms with Gasteiger partial charge in [-0.25, -0.2) is 0 Å². The number of rotatable bonds is 5. The van der Waals surface area contributed by atoms with Gasteiger partial charge in [0, 0.05) is 4.47 Å². The Bertz CT molecular complexity index is 478. The number of carbonyl (C=O) groups is 2. The van der Waals surface area contributed by atoms with Gasteiger partial charge in [-0.3, -0.25) is 9.59 Å². The van der Waals surface area contributed by atoms with Crippen LogP contribution >= 0.6 is 15.9 Å². The molecule has 3 nitrogen and oxygen atoms in total. The van der Waals surface area contributed by atoms with Gasteiger partial charge in [0.2, 0.25) is 0 Å². The molecule has 1 aromatic carbocycles. The van der Waals surface area contributed by atoms with Crippen LogP contribution in [0.5, 0.6) is 0 Å². The molecule has 0 aliphatic rings. The molecular weight excluding hydrogens is 296 g/mol. The summed E-state index contributed by atoms with van der Waals surface area (Å²) in [6.07, 6.45) is 1.66. The molecule has 0 fully saturated rings. The van der Waals surface area contributed by atoms with E-state index < -0.39 is 5.97 Å². The van der Waals surface area contributed by atoms with Crippen LogP contribution in [-0.2, 0) is 14.3 Å². The number of esters is 1. The molecule has 0 saturated heterocycles. The van der Waals surface area contributed by atoms with E-state index >= 15 is 0 Å². The smallest absolute Gasteiger partial charge is 0.313 e. The van der Waals surface area contributed by atoms with Gasteiger partial charge in [0.25, 0.3) is 0 Å². The molecule has 0 unspecified atom stereocenters. The molecule has 1 aromatic rings. The van der Waals surface area contributed by atoms with Gasteiger partial charge in [-0.05, 0) is 43.2 Å². The Morgan fingerprint density at radius 2 is 2.06 bits per heavy atom. The zero-order valence-corrected chi connectivity index (χ0v) is 12.0. The molecule has 0 spiro atoms. The van der Waals surface area contributed by atoms with E-state index in [1.807, 2.05) is 37.3 Å². The average molecular weight is 311 g/mol. The van der Waals surface area contributed by atoms with Crippen molar-refractivity contribution in [3.05, 3.63) is 40.4 Å². The van der Waals surface area contributed by atoms with Crippen molar-refractivity contribution in [3.8, 4) is 0 Å². The maximum atomic E-state index is 11.1. The SMILES string of the molecule is CC(=O)CC(=O)OCC=C(C)c1cccc(Br)c1. The molecule has 0 aromatic heterocycles. The number of ketones is 1. The predicted molar refractivity (Wildman–Crippen MR) is 74.1 cm³/mol. The van der Waals surface area contributed by atoms with E-state index in [1.165, 1.54) is 6.92 Å². The number of halogens is 1. The van der Waals surface area contributed by atoms with Crippen LogP contribution in [0.25, 0.3) is 5.57 Å². The minimum atomic E-state index is -0.485. The van der Waals surface area contributed by atoms with E-state index in [9.17, 15) is 9.59 Å². The molecule has 0 heterocycles. The summed E-state index contributed by atoms with van der Waals surface area (Å²) in [4.78, 5) is 21.8. The van der Waals surface area contributed by atoms with Crippen molar-refractivity contribution in [2.24, 2.45) is 0 Å². The molecule has 0 atom stereocenters. The fourth-order valence-corrected chi connectivity index (χ4v) is 1.76. The van der Waals surface area contributed by atoms with Crippen molar-refractivity contribution in [1.29, 1.82) is 0 Å². The Labute approximate surface area is 115 Å². The Hall–Kier alpha value is -1.42. The first-order chi connectivity index (χ1) is 8.49. The highest BCUT2D eigenvalue weighted by atomic mass is 79.9. The summed E-state index contributed by atoms with van der Waals surface area (Å²) in [5, 5.41) is 0. The highest BCUT2D eigenvalue weighted by Crippen LogP contribution is 2.18. The number of hydrogen-bond donors (Lipinski definition) is 0. The summed E-state index contributed by atoms with van der Waals surface area (Å²) in [6.45, 7) is 3.49. The summed E-state index contributed by atoms with van der Waals surface area (Å²) in [7, 11) is 0. The number of Topliss-reactive ketones (excluding diaryl/α,β-unsaturated/α-hetero) is 1. The minimum Gasteiger partial charge on any atom is -0.461 e. The van der Waals surface area contributed by atoms with Gasteiger partial charge in [0.15, 0.2) is 0 Å². The quantitative estimate of drug-likeness (QED) is 0.618. The molecule has 0 N–H and O–H groups in total. The van der Waals surface area contributed by atoms with Gasteiger partial charge in [-0.1, -0.05) is 28.1 Å². The topological polar surface area (TPSA) is 43.4 Å². The zero-order valence-electron chi connectivity index (χ0n) is 10.4. The highest BCUT2D eigenvalue weighted by molar-refractivity contribution is 9.10. The third kappa shape index (κ3) is 5.27. The average Bonchev–Trinajstić information content (AvgIpc) is 2.27. The highest BCUT2D eigenvalue weighted by Gasteiger charge is 2.05. The lowest BCUT2D eigenvalue weighted by Crippen LogP contribution is -2.08. The number of benzene rings is 1. The van der Waals surface area contributed by atoms with Crippen molar-refractivity contribution >= 4 is 33.3 Å². The van der Waals surface area contributed by atoms with E-state index in [0.717, 1.165) is 15.6 Å². The number of ether oxygens (including phenoxy) is 1. The number of carbonyl (C=O) groups excluding carboxylic acids is 2. The molecule has 0 aliphatic heterocycles. The van der Waals surface area contributed by atoms with Crippen LogP contribution < -0.4 is 0 Å². The molecular formula is C14H15BrO3. The fraction of sp³-hybridized carbons (Fsp3) is 0.286. The van der Waals surface area contributed by atoms with Crippen LogP contribution in [0, 0.1) is 0 Å². The largest absolute Gasteiger partial charge is 0.461 e. The molecule has 96 valence electrons. The molecule has 0 amide bonds. The van der Waals surface area contributed by atoms with E-state index in [1.54, 1.807) is 0 Å². The van der Waals surface area contributed by atoms with E-state index in [4.69, 9.17) is 4.74 Å². The molecule has 4 heteroatoms. The van der Waals surface area contributed by atoms with Gasteiger partial charge in [0.05, 0.1) is 0 Å². The van der Waals surface area contributed by atoms with Crippen LogP contribution in [0.15, 0.2) is 34.8 Å². The lowest BCUT2D eigenvalue weighted by atomic mass is 10.1. The standard InChI is InChI=1S/C14H15BrO3/c1-10(12-4-3-5-13(15)9-12)6-7-18-14(17)8-11(2)16/h3-6,9H,7-8H2,1-2H3. The monoisotopic (exact) mass is 310 g/mol. The van der Waals surface area contributed by atoms with Crippen LogP contribution in [0.1, 0.15) is 25.8 Å². The van der Waals surface area contributed by atoms with E-state index in [-0.39, 0.29) is 18.8 Å². The van der Waals surface area contributed by atoms with Crippen LogP contribution in [-0.4, -0.2) is 18.4 Å². The Morgan fingerprint density at radius 1 is 1.33 bits per heavy atom. The molecule has 18 heavy (non-hydrogen) atoms. The van der Waals surface area contributed by atoms with Gasteiger partial charge in [0.1, 0.15) is 18.8 Å². The fourth-order valence-electron chi connectivity index (χ4n) is 1.37. The first-order valence-electron chi connectivity index (χ1n) is 5.57. The maximum absolute atomic E-state index is 11.1. The second-order valence-corrected chi connectivity index (χ2v) is 4.87. The zero-order chi connectivity index (χ0) is 13.5. The van der Waals surface area contributed by atoms with Gasteiger partial charge < -0.3 is 4.74 Å². The maximum Gasteiger partial charge on any atom is 0.313 e. The molecule has 0 saturated carbocycles. The van der Waals surface area contributed by atoms with Crippen molar-refractivity contribution < 1.29 is 14.3 Å². The van der Waals surface area contributed by atoms with Crippen molar-refractivity contribution in [3.63, 3.8) is 0 Å². The molecule has 1 rings (SSSR count). The van der Waals surface area contributed by atoms with Gasteiger partial charge in [-0.2, -0.15) is 0 Å². The lowest BCUT2D eigenvalue weighted by molar-refractivity contribution is -0.144. The Kier molecular flexibility index (Phi) is 5.78. The van der Waals surface area contributed by atoms with E-state index in [0.29, 0.717) is 0 Å². The molecule has 0 radical (unpaired) electrons. The third-order valence-corrected chi connectivity index (χ3v) is 2.80. The molecule has 0 bridgehead atoms. The third-order valence-electron chi connectivity index (χ3n) is 2.31. The van der Waals surface area contributed by atoms with Crippen LogP contribution in [0.2, 0.25) is 0 Å². The Balaban J connectivity index is 2.52. The Morgan fingerprint density at radius 3 is 2.67 bits per heavy atom. The number of hydrogen-bond acceptors (Lipinski definition) is 3. The normalized spacial score (nSPS) is 11.2. The van der Waals surface area contributed by atoms with Gasteiger partial charge in [-0.15, -0.1) is 0 Å². The molecule has 0 aliphatic carbocycles. The summed E-state index contributed by atoms with van der Waals surface area (Å²) >= 11 is 3.40. The minimum absolute atomic E-state index is 0.163. The van der Waals surface area contributed by atoms with Crippen LogP contribution in [0.3, 0.4) is 0 Å². The predicted octanol–water partition coefficient (Wildman–Crippen LogP) is 3.37. The second-order valence-electron chi connectivity index (χ2n) is 3.96.